The molecule has 20 heavy (non-hydrogen) atoms. The van der Waals surface area contributed by atoms with E-state index in [1.165, 1.54) is 17.0 Å². The number of aryl methyl sites for hydroxylation is 2. The molecule has 110 valence electrons. The second kappa shape index (κ2) is 5.34. The van der Waals surface area contributed by atoms with Crippen molar-refractivity contribution in [3.63, 3.8) is 0 Å². The molecule has 0 unspecified atom stereocenters. The highest BCUT2D eigenvalue weighted by molar-refractivity contribution is 5.65. The normalized spacial score (nSPS) is 16.1. The van der Waals surface area contributed by atoms with E-state index in [1.54, 1.807) is 13.0 Å². The first-order valence-corrected chi connectivity index (χ1v) is 6.42. The molecule has 0 aliphatic carbocycles. The number of hydrogen-bond donors (Lipinski definition) is 1. The number of nitrogens with zero attached hydrogens (tertiary/aromatic N) is 1. The zero-order valence-electron chi connectivity index (χ0n) is 11.1. The molecule has 1 heterocycles. The molecule has 1 aliphatic heterocycles. The minimum Gasteiger partial charge on any atom is -0.465 e. The topological polar surface area (TPSA) is 40.5 Å². The van der Waals surface area contributed by atoms with Crippen molar-refractivity contribution in [2.24, 2.45) is 5.92 Å². The van der Waals surface area contributed by atoms with E-state index in [1.807, 2.05) is 0 Å². The first-order chi connectivity index (χ1) is 9.27. The van der Waals surface area contributed by atoms with Crippen molar-refractivity contribution in [3.05, 3.63) is 34.9 Å². The number of hydrogen-bond acceptors (Lipinski definition) is 1. The molecule has 0 saturated carbocycles. The van der Waals surface area contributed by atoms with Crippen LogP contribution in [0.2, 0.25) is 0 Å². The maximum Gasteiger partial charge on any atom is 0.416 e. The summed E-state index contributed by atoms with van der Waals surface area (Å²) in [6.07, 6.45) is -4.40. The number of benzene rings is 1. The summed E-state index contributed by atoms with van der Waals surface area (Å²) in [4.78, 5) is 11.9. The summed E-state index contributed by atoms with van der Waals surface area (Å²) in [5, 5.41) is 8.69. The summed E-state index contributed by atoms with van der Waals surface area (Å²) in [5.74, 6) is 0.161. The molecule has 3 nitrogen and oxygen atoms in total. The fourth-order valence-corrected chi connectivity index (χ4v) is 2.44. The van der Waals surface area contributed by atoms with Crippen LogP contribution < -0.4 is 0 Å². The predicted molar refractivity (Wildman–Crippen MR) is 67.6 cm³/mol. The molecule has 0 bridgehead atoms. The quantitative estimate of drug-likeness (QED) is 0.923. The summed E-state index contributed by atoms with van der Waals surface area (Å²) in [6, 6.07) is 4.36. The number of likely N-dealkylation sites (tertiary alicyclic amines) is 1. The third-order valence-corrected chi connectivity index (χ3v) is 3.62. The highest BCUT2D eigenvalue weighted by Crippen LogP contribution is 2.34. The van der Waals surface area contributed by atoms with Crippen LogP contribution in [0.5, 0.6) is 0 Å². The van der Waals surface area contributed by atoms with Crippen LogP contribution in [-0.2, 0) is 12.6 Å². The number of carbonyl (C=O) groups is 1. The van der Waals surface area contributed by atoms with E-state index in [0.717, 1.165) is 0 Å². The van der Waals surface area contributed by atoms with Gasteiger partial charge in [-0.05, 0) is 37.3 Å². The highest BCUT2D eigenvalue weighted by Gasteiger charge is 2.34. The van der Waals surface area contributed by atoms with Crippen LogP contribution in [0, 0.1) is 12.8 Å². The Morgan fingerprint density at radius 3 is 2.60 bits per heavy atom. The fraction of sp³-hybridized carbons (Fsp3) is 0.500. The fourth-order valence-electron chi connectivity index (χ4n) is 2.44. The first kappa shape index (κ1) is 14.7. The Bertz CT molecular complexity index is 508. The molecule has 1 N–H and O–H groups in total. The van der Waals surface area contributed by atoms with Crippen molar-refractivity contribution in [2.45, 2.75) is 25.9 Å². The minimum absolute atomic E-state index is 0.161. The van der Waals surface area contributed by atoms with E-state index >= 15 is 0 Å². The van der Waals surface area contributed by atoms with E-state index in [9.17, 15) is 18.0 Å². The number of rotatable bonds is 3. The first-order valence-electron chi connectivity index (χ1n) is 6.42. The lowest BCUT2D eigenvalue weighted by atomic mass is 9.91. The second-order valence-electron chi connectivity index (χ2n) is 5.25. The van der Waals surface area contributed by atoms with Gasteiger partial charge in [-0.1, -0.05) is 17.7 Å². The number of amides is 1. The van der Waals surface area contributed by atoms with E-state index in [-0.39, 0.29) is 11.5 Å². The summed E-state index contributed by atoms with van der Waals surface area (Å²) in [7, 11) is 0. The van der Waals surface area contributed by atoms with Gasteiger partial charge in [-0.25, -0.2) is 4.79 Å². The molecule has 0 atom stereocenters. The standard InChI is InChI=1S/C14H16F3NO2/c1-9-2-4-11(12(6-9)14(15,16)17)5-3-10-7-18(8-10)13(19)20/h2,4,6,10H,3,5,7-8H2,1H3,(H,19,20). The number of halogens is 3. The largest absolute Gasteiger partial charge is 0.465 e. The van der Waals surface area contributed by atoms with E-state index in [2.05, 4.69) is 0 Å². The molecule has 1 saturated heterocycles. The number of carboxylic acid groups (broad SMARTS) is 1. The number of alkyl halides is 3. The van der Waals surface area contributed by atoms with Gasteiger partial charge in [0.05, 0.1) is 5.56 Å². The molecule has 2 rings (SSSR count). The van der Waals surface area contributed by atoms with Crippen molar-refractivity contribution < 1.29 is 23.1 Å². The third-order valence-electron chi connectivity index (χ3n) is 3.62. The van der Waals surface area contributed by atoms with E-state index in [0.29, 0.717) is 31.5 Å². The molecule has 1 fully saturated rings. The van der Waals surface area contributed by atoms with E-state index in [4.69, 9.17) is 5.11 Å². The Hall–Kier alpha value is -1.72. The summed E-state index contributed by atoms with van der Waals surface area (Å²) in [5.41, 5.74) is 0.297. The van der Waals surface area contributed by atoms with Gasteiger partial charge in [0, 0.05) is 13.1 Å². The third kappa shape index (κ3) is 3.23. The Balaban J connectivity index is 1.99. The SMILES string of the molecule is Cc1ccc(CCC2CN(C(=O)O)C2)c(C(F)(F)F)c1. The van der Waals surface area contributed by atoms with Crippen LogP contribution in [0.1, 0.15) is 23.1 Å². The van der Waals surface area contributed by atoms with Gasteiger partial charge in [-0.15, -0.1) is 0 Å². The van der Waals surface area contributed by atoms with E-state index < -0.39 is 17.8 Å². The van der Waals surface area contributed by atoms with Gasteiger partial charge in [0.15, 0.2) is 0 Å². The molecule has 1 aromatic carbocycles. The maximum atomic E-state index is 12.9. The van der Waals surface area contributed by atoms with Gasteiger partial charge in [0.1, 0.15) is 0 Å². The average Bonchev–Trinajstić information content (AvgIpc) is 2.26. The molecule has 0 radical (unpaired) electrons. The van der Waals surface area contributed by atoms with Crippen LogP contribution in [0.15, 0.2) is 18.2 Å². The predicted octanol–water partition coefficient (Wildman–Crippen LogP) is 3.56. The van der Waals surface area contributed by atoms with Crippen LogP contribution >= 0.6 is 0 Å². The van der Waals surface area contributed by atoms with Gasteiger partial charge in [0.2, 0.25) is 0 Å². The molecule has 1 amide bonds. The maximum absolute atomic E-state index is 12.9. The van der Waals surface area contributed by atoms with Crippen molar-refractivity contribution in [2.75, 3.05) is 13.1 Å². The van der Waals surface area contributed by atoms with Crippen LogP contribution in [0.25, 0.3) is 0 Å². The van der Waals surface area contributed by atoms with Crippen molar-refractivity contribution in [1.82, 2.24) is 4.90 Å². The average molecular weight is 287 g/mol. The van der Waals surface area contributed by atoms with Gasteiger partial charge in [-0.2, -0.15) is 13.2 Å². The molecule has 1 aromatic rings. The molecule has 0 aromatic heterocycles. The zero-order chi connectivity index (χ0) is 14.9. The minimum atomic E-state index is -4.34. The highest BCUT2D eigenvalue weighted by atomic mass is 19.4. The van der Waals surface area contributed by atoms with Crippen LogP contribution in [-0.4, -0.2) is 29.2 Å². The Morgan fingerprint density at radius 2 is 2.05 bits per heavy atom. The summed E-state index contributed by atoms with van der Waals surface area (Å²) in [6.45, 7) is 2.47. The Morgan fingerprint density at radius 1 is 1.40 bits per heavy atom. The lowest BCUT2D eigenvalue weighted by Crippen LogP contribution is -2.49. The van der Waals surface area contributed by atoms with Gasteiger partial charge in [0.25, 0.3) is 0 Å². The van der Waals surface area contributed by atoms with Crippen LogP contribution in [0.4, 0.5) is 18.0 Å². The van der Waals surface area contributed by atoms with Crippen LogP contribution in [0.3, 0.4) is 0 Å². The van der Waals surface area contributed by atoms with Gasteiger partial charge >= 0.3 is 12.3 Å². The summed E-state index contributed by atoms with van der Waals surface area (Å²) < 4.78 is 38.8. The second-order valence-corrected chi connectivity index (χ2v) is 5.25. The Kier molecular flexibility index (Phi) is 3.92. The van der Waals surface area contributed by atoms with Gasteiger partial charge < -0.3 is 10.0 Å². The molecule has 0 spiro atoms. The molecular formula is C14H16F3NO2. The van der Waals surface area contributed by atoms with Gasteiger partial charge in [-0.3, -0.25) is 0 Å². The zero-order valence-corrected chi connectivity index (χ0v) is 11.1. The monoisotopic (exact) mass is 287 g/mol. The summed E-state index contributed by atoms with van der Waals surface area (Å²) >= 11 is 0. The van der Waals surface area contributed by atoms with Crippen molar-refractivity contribution >= 4 is 6.09 Å². The molecule has 1 aliphatic rings. The smallest absolute Gasteiger partial charge is 0.416 e. The lowest BCUT2D eigenvalue weighted by Gasteiger charge is -2.37. The molecule has 6 heteroatoms. The van der Waals surface area contributed by atoms with Crippen molar-refractivity contribution in [1.29, 1.82) is 0 Å². The Labute approximate surface area is 115 Å². The van der Waals surface area contributed by atoms with Crippen molar-refractivity contribution in [3.8, 4) is 0 Å². The molecular weight excluding hydrogens is 271 g/mol. The lowest BCUT2D eigenvalue weighted by molar-refractivity contribution is -0.138.